The molecule has 0 atom stereocenters. The molecule has 3 aromatic rings. The molecule has 0 spiro atoms. The van der Waals surface area contributed by atoms with Crippen LogP contribution in [0.1, 0.15) is 53.6 Å². The van der Waals surface area contributed by atoms with Crippen LogP contribution in [0.25, 0.3) is 0 Å². The average Bonchev–Trinajstić information content (AvgIpc) is 3.46. The van der Waals surface area contributed by atoms with Gasteiger partial charge in [-0.1, -0.05) is 30.3 Å². The van der Waals surface area contributed by atoms with E-state index in [2.05, 4.69) is 0 Å². The van der Waals surface area contributed by atoms with Gasteiger partial charge in [-0.05, 0) is 48.6 Å². The quantitative estimate of drug-likeness (QED) is 0.284. The van der Waals surface area contributed by atoms with E-state index in [9.17, 15) is 19.2 Å². The zero-order chi connectivity index (χ0) is 23.4. The van der Waals surface area contributed by atoms with Gasteiger partial charge in [-0.15, -0.1) is 11.3 Å². The van der Waals surface area contributed by atoms with Gasteiger partial charge in [-0.3, -0.25) is 19.3 Å². The minimum absolute atomic E-state index is 0.138. The van der Waals surface area contributed by atoms with Crippen LogP contribution < -0.4 is 4.90 Å². The van der Waals surface area contributed by atoms with Crippen LogP contribution in [0, 0.1) is 0 Å². The van der Waals surface area contributed by atoms with Gasteiger partial charge in [0, 0.05) is 13.6 Å². The Balaban J connectivity index is 1.30. The Morgan fingerprint density at radius 1 is 0.909 bits per heavy atom. The highest BCUT2D eigenvalue weighted by molar-refractivity contribution is 7.12. The van der Waals surface area contributed by atoms with Crippen molar-refractivity contribution < 1.29 is 23.9 Å². The van der Waals surface area contributed by atoms with E-state index in [1.807, 2.05) is 5.38 Å². The third-order valence-electron chi connectivity index (χ3n) is 5.41. The molecule has 0 radical (unpaired) electrons. The number of esters is 1. The van der Waals surface area contributed by atoms with Crippen LogP contribution >= 0.6 is 11.3 Å². The number of anilines is 1. The van der Waals surface area contributed by atoms with Crippen molar-refractivity contribution in [1.29, 1.82) is 0 Å². The molecule has 33 heavy (non-hydrogen) atoms. The fourth-order valence-corrected chi connectivity index (χ4v) is 4.37. The second kappa shape index (κ2) is 9.79. The van der Waals surface area contributed by atoms with Crippen LogP contribution in [0.2, 0.25) is 0 Å². The van der Waals surface area contributed by atoms with Crippen LogP contribution in [0.3, 0.4) is 0 Å². The lowest BCUT2D eigenvalue weighted by Gasteiger charge is -2.19. The number of para-hydroxylation sites is 1. The first-order valence-corrected chi connectivity index (χ1v) is 11.4. The second-order valence-electron chi connectivity index (χ2n) is 7.51. The van der Waals surface area contributed by atoms with Gasteiger partial charge in [0.1, 0.15) is 0 Å². The third kappa shape index (κ3) is 4.56. The molecule has 2 aromatic carbocycles. The van der Waals surface area contributed by atoms with Crippen LogP contribution in [0.5, 0.6) is 0 Å². The molecular formula is C25H22N2O5S. The first kappa shape index (κ1) is 22.4. The molecule has 8 heteroatoms. The minimum atomic E-state index is -0.530. The van der Waals surface area contributed by atoms with Crippen LogP contribution in [-0.4, -0.2) is 48.8 Å². The Morgan fingerprint density at radius 2 is 1.58 bits per heavy atom. The van der Waals surface area contributed by atoms with Crippen molar-refractivity contribution in [1.82, 2.24) is 4.90 Å². The summed E-state index contributed by atoms with van der Waals surface area (Å²) >= 11 is 1.34. The predicted molar refractivity (Wildman–Crippen MR) is 125 cm³/mol. The zero-order valence-corrected chi connectivity index (χ0v) is 18.8. The molecule has 4 rings (SSSR count). The smallest absolute Gasteiger partial charge is 0.340 e. The van der Waals surface area contributed by atoms with Gasteiger partial charge in [0.2, 0.25) is 0 Å². The van der Waals surface area contributed by atoms with E-state index >= 15 is 0 Å². The van der Waals surface area contributed by atoms with E-state index in [1.165, 1.54) is 21.1 Å². The summed E-state index contributed by atoms with van der Waals surface area (Å²) < 4.78 is 5.41. The molecule has 1 aromatic heterocycles. The van der Waals surface area contributed by atoms with Gasteiger partial charge >= 0.3 is 5.97 Å². The van der Waals surface area contributed by atoms with E-state index in [1.54, 1.807) is 67.7 Å². The molecule has 168 valence electrons. The molecule has 0 unspecified atom stereocenters. The van der Waals surface area contributed by atoms with Crippen molar-refractivity contribution in [2.75, 3.05) is 25.1 Å². The summed E-state index contributed by atoms with van der Waals surface area (Å²) in [5, 5.41) is 1.82. The molecule has 7 nitrogen and oxygen atoms in total. The number of fused-ring (bicyclic) bond motifs is 1. The highest BCUT2D eigenvalue weighted by Gasteiger charge is 2.34. The Morgan fingerprint density at radius 3 is 2.24 bits per heavy atom. The standard InChI is InChI=1S/C25H22N2O5S/c1-26(24(30)21-13-8-16-33-21)20-12-5-4-11-19(20)25(31)32-15-7-6-14-27-22(28)17-9-2-3-10-18(17)23(27)29/h2-5,8-13,16H,6-7,14-15H2,1H3. The van der Waals surface area contributed by atoms with Crippen molar-refractivity contribution in [3.8, 4) is 0 Å². The maximum atomic E-state index is 12.7. The lowest BCUT2D eigenvalue weighted by atomic mass is 10.1. The molecule has 0 aliphatic carbocycles. The Hall–Kier alpha value is -3.78. The molecule has 0 fully saturated rings. The van der Waals surface area contributed by atoms with Crippen molar-refractivity contribution in [2.45, 2.75) is 12.8 Å². The van der Waals surface area contributed by atoms with E-state index in [0.717, 1.165) is 0 Å². The number of thiophene rings is 1. The zero-order valence-electron chi connectivity index (χ0n) is 18.0. The number of carbonyl (C=O) groups excluding carboxylic acids is 4. The lowest BCUT2D eigenvalue weighted by Crippen LogP contribution is -2.30. The largest absolute Gasteiger partial charge is 0.462 e. The number of hydrogen-bond donors (Lipinski definition) is 0. The first-order valence-electron chi connectivity index (χ1n) is 10.5. The third-order valence-corrected chi connectivity index (χ3v) is 6.27. The van der Waals surface area contributed by atoms with Gasteiger partial charge in [0.05, 0.1) is 33.9 Å². The van der Waals surface area contributed by atoms with E-state index in [0.29, 0.717) is 40.1 Å². The van der Waals surface area contributed by atoms with Gasteiger partial charge in [-0.2, -0.15) is 0 Å². The number of nitrogens with zero attached hydrogens (tertiary/aromatic N) is 2. The summed E-state index contributed by atoms with van der Waals surface area (Å²) in [6.07, 6.45) is 1.00. The number of amides is 3. The highest BCUT2D eigenvalue weighted by atomic mass is 32.1. The summed E-state index contributed by atoms with van der Waals surface area (Å²) in [5.41, 5.74) is 1.61. The first-order chi connectivity index (χ1) is 16.0. The van der Waals surface area contributed by atoms with Crippen molar-refractivity contribution in [2.24, 2.45) is 0 Å². The maximum absolute atomic E-state index is 12.7. The molecular weight excluding hydrogens is 440 g/mol. The average molecular weight is 463 g/mol. The highest BCUT2D eigenvalue weighted by Crippen LogP contribution is 2.24. The number of benzene rings is 2. The summed E-state index contributed by atoms with van der Waals surface area (Å²) in [7, 11) is 1.62. The summed E-state index contributed by atoms with van der Waals surface area (Å²) in [5.74, 6) is -1.32. The number of rotatable bonds is 8. The predicted octanol–water partition coefficient (Wildman–Crippen LogP) is 4.26. The molecule has 3 amide bonds. The summed E-state index contributed by atoms with van der Waals surface area (Å²) in [6, 6.07) is 17.1. The Labute approximate surface area is 195 Å². The Bertz CT molecular complexity index is 1170. The fraction of sp³-hybridized carbons (Fsp3) is 0.200. The minimum Gasteiger partial charge on any atom is -0.462 e. The SMILES string of the molecule is CN(C(=O)c1cccs1)c1ccccc1C(=O)OCCCCN1C(=O)c2ccccc2C1=O. The monoisotopic (exact) mass is 462 g/mol. The van der Waals surface area contributed by atoms with Gasteiger partial charge < -0.3 is 9.64 Å². The van der Waals surface area contributed by atoms with Crippen molar-refractivity contribution >= 4 is 40.7 Å². The molecule has 2 heterocycles. The second-order valence-corrected chi connectivity index (χ2v) is 8.46. The Kier molecular flexibility index (Phi) is 6.65. The van der Waals surface area contributed by atoms with Crippen LogP contribution in [0.4, 0.5) is 5.69 Å². The number of imide groups is 1. The number of hydrogen-bond acceptors (Lipinski definition) is 6. The molecule has 1 aliphatic heterocycles. The van der Waals surface area contributed by atoms with Crippen molar-refractivity contribution in [3.63, 3.8) is 0 Å². The molecule has 0 bridgehead atoms. The molecule has 1 aliphatic rings. The molecule has 0 saturated heterocycles. The topological polar surface area (TPSA) is 84.0 Å². The van der Waals surface area contributed by atoms with E-state index < -0.39 is 5.97 Å². The fourth-order valence-electron chi connectivity index (χ4n) is 3.67. The molecule has 0 saturated carbocycles. The van der Waals surface area contributed by atoms with Crippen LogP contribution in [0.15, 0.2) is 66.0 Å². The van der Waals surface area contributed by atoms with E-state index in [-0.39, 0.29) is 30.9 Å². The lowest BCUT2D eigenvalue weighted by molar-refractivity contribution is 0.0486. The maximum Gasteiger partial charge on any atom is 0.340 e. The van der Waals surface area contributed by atoms with Gasteiger partial charge in [-0.25, -0.2) is 4.79 Å². The number of unbranched alkanes of at least 4 members (excludes halogenated alkanes) is 1. The van der Waals surface area contributed by atoms with E-state index in [4.69, 9.17) is 4.74 Å². The summed E-state index contributed by atoms with van der Waals surface area (Å²) in [4.78, 5) is 53.4. The number of ether oxygens (including phenoxy) is 1. The number of carbonyl (C=O) groups is 4. The van der Waals surface area contributed by atoms with Crippen molar-refractivity contribution in [3.05, 3.63) is 87.6 Å². The normalized spacial score (nSPS) is 12.6. The molecule has 0 N–H and O–H groups in total. The van der Waals surface area contributed by atoms with Gasteiger partial charge in [0.25, 0.3) is 17.7 Å². The van der Waals surface area contributed by atoms with Crippen LogP contribution in [-0.2, 0) is 4.74 Å². The van der Waals surface area contributed by atoms with Gasteiger partial charge in [0.15, 0.2) is 0 Å². The summed E-state index contributed by atoms with van der Waals surface area (Å²) in [6.45, 7) is 0.400.